The Labute approximate surface area is 190 Å². The van der Waals surface area contributed by atoms with Crippen LogP contribution in [-0.4, -0.2) is 16.4 Å². The molecule has 1 rings (SSSR count). The molecule has 1 aromatic carbocycles. The van der Waals surface area contributed by atoms with Crippen molar-refractivity contribution in [2.75, 3.05) is 0 Å². The number of benzene rings is 1. The zero-order chi connectivity index (χ0) is 23.1. The van der Waals surface area contributed by atoms with Gasteiger partial charge in [-0.15, -0.1) is 0 Å². The third-order valence-electron chi connectivity index (χ3n) is 6.18. The van der Waals surface area contributed by atoms with Gasteiger partial charge in [0.1, 0.15) is 0 Å². The Morgan fingerprint density at radius 2 is 0.968 bits per heavy atom. The van der Waals surface area contributed by atoms with E-state index in [4.69, 9.17) is 4.74 Å². The number of ether oxygens (including phenoxy) is 1. The highest BCUT2D eigenvalue weighted by Gasteiger charge is 2.25. The van der Waals surface area contributed by atoms with Gasteiger partial charge in [-0.25, -0.2) is 4.79 Å². The van der Waals surface area contributed by atoms with E-state index in [1.807, 2.05) is 0 Å². The minimum absolute atomic E-state index is 0.0794. The van der Waals surface area contributed by atoms with E-state index in [9.17, 15) is 15.0 Å². The smallest absolute Gasteiger partial charge is 0.504 e. The van der Waals surface area contributed by atoms with Crippen molar-refractivity contribution < 1.29 is 19.7 Å². The number of aromatic hydroxyl groups is 1. The summed E-state index contributed by atoms with van der Waals surface area (Å²) in [6, 6.07) is 0. The van der Waals surface area contributed by atoms with E-state index in [1.165, 1.54) is 17.5 Å². The van der Waals surface area contributed by atoms with Gasteiger partial charge >= 0.3 is 6.16 Å². The van der Waals surface area contributed by atoms with Crippen molar-refractivity contribution >= 4 is 6.16 Å². The fourth-order valence-electron chi connectivity index (χ4n) is 4.47. The molecule has 178 valence electrons. The van der Waals surface area contributed by atoms with E-state index >= 15 is 0 Å². The maximum atomic E-state index is 11.5. The molecule has 0 saturated carbocycles. The van der Waals surface area contributed by atoms with Crippen LogP contribution in [0.25, 0.3) is 0 Å². The highest BCUT2D eigenvalue weighted by molar-refractivity contribution is 5.68. The number of phenols is 1. The topological polar surface area (TPSA) is 66.8 Å². The van der Waals surface area contributed by atoms with E-state index in [2.05, 4.69) is 27.7 Å². The molecule has 31 heavy (non-hydrogen) atoms. The van der Waals surface area contributed by atoms with Crippen molar-refractivity contribution in [3.63, 3.8) is 0 Å². The van der Waals surface area contributed by atoms with Crippen molar-refractivity contribution in [2.45, 2.75) is 130 Å². The molecule has 0 amide bonds. The molecular formula is C27H46O4. The quantitative estimate of drug-likeness (QED) is 0.147. The first kappa shape index (κ1) is 27.3. The first-order valence-corrected chi connectivity index (χ1v) is 12.8. The Morgan fingerprint density at radius 3 is 1.35 bits per heavy atom. The molecule has 1 aromatic rings. The largest absolute Gasteiger partial charge is 0.511 e. The molecule has 0 aliphatic rings. The van der Waals surface area contributed by atoms with Gasteiger partial charge in [0, 0.05) is 11.1 Å². The second kappa shape index (κ2) is 16.0. The minimum atomic E-state index is -1.34. The summed E-state index contributed by atoms with van der Waals surface area (Å²) in [6.07, 6.45) is 15.3. The standard InChI is InChI=1S/C27H46O4/c1-5-9-13-17-21-22(18-14-10-6-2)24(20-16-12-8-4)26(31-27(29)30)25(28)23(21)19-15-11-7-3/h28H,5-20H2,1-4H3,(H,29,30). The van der Waals surface area contributed by atoms with Crippen LogP contribution in [0.15, 0.2) is 0 Å². The van der Waals surface area contributed by atoms with Gasteiger partial charge in [0.25, 0.3) is 0 Å². The molecule has 4 nitrogen and oxygen atoms in total. The SMILES string of the molecule is CCCCCc1c(O)c(OC(=O)O)c(CCCCC)c(CCCCC)c1CCCCC. The van der Waals surface area contributed by atoms with Gasteiger partial charge in [0.2, 0.25) is 0 Å². The number of phenolic OH excluding ortho intramolecular Hbond substituents is 1. The van der Waals surface area contributed by atoms with Crippen molar-refractivity contribution in [3.05, 3.63) is 22.3 Å². The summed E-state index contributed by atoms with van der Waals surface area (Å²) in [5.74, 6) is 0.289. The van der Waals surface area contributed by atoms with Crippen molar-refractivity contribution in [2.24, 2.45) is 0 Å². The monoisotopic (exact) mass is 434 g/mol. The van der Waals surface area contributed by atoms with E-state index in [0.29, 0.717) is 0 Å². The lowest BCUT2D eigenvalue weighted by atomic mass is 9.84. The second-order valence-corrected chi connectivity index (χ2v) is 8.79. The maximum Gasteiger partial charge on any atom is 0.511 e. The predicted molar refractivity (Wildman–Crippen MR) is 130 cm³/mol. The summed E-state index contributed by atoms with van der Waals surface area (Å²) < 4.78 is 5.25. The highest BCUT2D eigenvalue weighted by atomic mass is 16.7. The zero-order valence-corrected chi connectivity index (χ0v) is 20.5. The Hall–Kier alpha value is -1.71. The molecule has 0 heterocycles. The van der Waals surface area contributed by atoms with E-state index in [0.717, 1.165) is 107 Å². The molecule has 0 bridgehead atoms. The van der Waals surface area contributed by atoms with Crippen LogP contribution in [0.4, 0.5) is 4.79 Å². The van der Waals surface area contributed by atoms with Gasteiger partial charge in [0.15, 0.2) is 11.5 Å². The molecule has 0 atom stereocenters. The van der Waals surface area contributed by atoms with Gasteiger partial charge < -0.3 is 14.9 Å². The first-order valence-electron chi connectivity index (χ1n) is 12.8. The lowest BCUT2D eigenvalue weighted by molar-refractivity contribution is 0.142. The normalized spacial score (nSPS) is 11.1. The predicted octanol–water partition coefficient (Wildman–Crippen LogP) is 8.38. The number of carboxylic acid groups (broad SMARTS) is 1. The number of hydrogen-bond donors (Lipinski definition) is 2. The lowest BCUT2D eigenvalue weighted by Gasteiger charge is -2.24. The summed E-state index contributed by atoms with van der Waals surface area (Å²) in [5, 5.41) is 20.6. The van der Waals surface area contributed by atoms with Gasteiger partial charge in [-0.1, -0.05) is 79.1 Å². The van der Waals surface area contributed by atoms with Crippen LogP contribution in [0, 0.1) is 0 Å². The molecule has 0 aliphatic heterocycles. The van der Waals surface area contributed by atoms with Gasteiger partial charge in [-0.05, 0) is 62.5 Å². The van der Waals surface area contributed by atoms with Crippen LogP contribution in [0.2, 0.25) is 0 Å². The molecule has 4 heteroatoms. The average molecular weight is 435 g/mol. The molecule has 0 unspecified atom stereocenters. The molecule has 0 radical (unpaired) electrons. The highest BCUT2D eigenvalue weighted by Crippen LogP contribution is 2.43. The summed E-state index contributed by atoms with van der Waals surface area (Å²) in [5.41, 5.74) is 4.42. The zero-order valence-electron chi connectivity index (χ0n) is 20.5. The van der Waals surface area contributed by atoms with Gasteiger partial charge in [-0.3, -0.25) is 0 Å². The first-order chi connectivity index (χ1) is 15.0. The maximum absolute atomic E-state index is 11.5. The molecular weight excluding hydrogens is 388 g/mol. The van der Waals surface area contributed by atoms with E-state index < -0.39 is 6.16 Å². The summed E-state index contributed by atoms with van der Waals surface area (Å²) in [4.78, 5) is 11.5. The van der Waals surface area contributed by atoms with E-state index in [-0.39, 0.29) is 11.5 Å². The minimum Gasteiger partial charge on any atom is -0.504 e. The Bertz CT molecular complexity index is 651. The summed E-state index contributed by atoms with van der Waals surface area (Å²) in [6.45, 7) is 8.76. The fourth-order valence-corrected chi connectivity index (χ4v) is 4.47. The number of hydrogen-bond acceptors (Lipinski definition) is 3. The Kier molecular flexibility index (Phi) is 14.1. The van der Waals surface area contributed by atoms with E-state index in [1.54, 1.807) is 0 Å². The molecule has 0 spiro atoms. The van der Waals surface area contributed by atoms with Crippen molar-refractivity contribution in [1.82, 2.24) is 0 Å². The number of carbonyl (C=O) groups is 1. The lowest BCUT2D eigenvalue weighted by Crippen LogP contribution is -2.13. The van der Waals surface area contributed by atoms with Crippen LogP contribution < -0.4 is 4.74 Å². The Balaban J connectivity index is 3.58. The molecule has 0 fully saturated rings. The second-order valence-electron chi connectivity index (χ2n) is 8.79. The number of rotatable bonds is 17. The molecule has 0 saturated heterocycles. The van der Waals surface area contributed by atoms with Crippen LogP contribution in [-0.2, 0) is 25.7 Å². The third kappa shape index (κ3) is 9.13. The van der Waals surface area contributed by atoms with Crippen LogP contribution >= 0.6 is 0 Å². The summed E-state index contributed by atoms with van der Waals surface area (Å²) in [7, 11) is 0. The van der Waals surface area contributed by atoms with Crippen LogP contribution in [0.5, 0.6) is 11.5 Å². The average Bonchev–Trinajstić information content (AvgIpc) is 2.74. The van der Waals surface area contributed by atoms with Gasteiger partial charge in [0.05, 0.1) is 0 Å². The van der Waals surface area contributed by atoms with Gasteiger partial charge in [-0.2, -0.15) is 0 Å². The Morgan fingerprint density at radius 1 is 0.613 bits per heavy atom. The summed E-state index contributed by atoms with van der Waals surface area (Å²) >= 11 is 0. The molecule has 0 aromatic heterocycles. The number of unbranched alkanes of at least 4 members (excludes halogenated alkanes) is 8. The molecule has 0 aliphatic carbocycles. The van der Waals surface area contributed by atoms with Crippen molar-refractivity contribution in [3.8, 4) is 11.5 Å². The van der Waals surface area contributed by atoms with Crippen molar-refractivity contribution in [1.29, 1.82) is 0 Å². The van der Waals surface area contributed by atoms with Crippen LogP contribution in [0.3, 0.4) is 0 Å². The fraction of sp³-hybridized carbons (Fsp3) is 0.741. The van der Waals surface area contributed by atoms with Crippen LogP contribution in [0.1, 0.15) is 127 Å². The molecule has 2 N–H and O–H groups in total. The third-order valence-corrected chi connectivity index (χ3v) is 6.18.